The number of hydrogen-bond donors (Lipinski definition) is 1. The highest BCUT2D eigenvalue weighted by Crippen LogP contribution is 2.23. The maximum Gasteiger partial charge on any atom is 0.0948 e. The molecule has 4 heteroatoms. The first-order chi connectivity index (χ1) is 9.03. The fraction of sp³-hybridized carbons (Fsp3) is 0.800. The predicted octanol–water partition coefficient (Wildman–Crippen LogP) is 2.07. The summed E-state index contributed by atoms with van der Waals surface area (Å²) in [5.74, 6) is 0.879. The molecule has 0 spiro atoms. The lowest BCUT2D eigenvalue weighted by Gasteiger charge is -2.30. The third-order valence-electron chi connectivity index (χ3n) is 4.59. The fourth-order valence-corrected chi connectivity index (χ4v) is 2.82. The summed E-state index contributed by atoms with van der Waals surface area (Å²) in [4.78, 5) is 6.76. The Kier molecular flexibility index (Phi) is 4.63. The summed E-state index contributed by atoms with van der Waals surface area (Å²) < 4.78 is 2.31. The lowest BCUT2D eigenvalue weighted by atomic mass is 9.93. The Bertz CT molecular complexity index is 389. The van der Waals surface area contributed by atoms with Gasteiger partial charge in [-0.05, 0) is 66.2 Å². The highest BCUT2D eigenvalue weighted by atomic mass is 15.1. The van der Waals surface area contributed by atoms with Crippen molar-refractivity contribution >= 4 is 0 Å². The van der Waals surface area contributed by atoms with Crippen LogP contribution in [0.4, 0.5) is 0 Å². The Morgan fingerprint density at radius 2 is 2.05 bits per heavy atom. The van der Waals surface area contributed by atoms with Gasteiger partial charge in [0.15, 0.2) is 0 Å². The molecular weight excluding hydrogens is 236 g/mol. The van der Waals surface area contributed by atoms with Crippen molar-refractivity contribution in [1.82, 2.24) is 19.8 Å². The molecule has 2 heterocycles. The molecule has 0 bridgehead atoms. The first-order valence-corrected chi connectivity index (χ1v) is 7.41. The fourth-order valence-electron chi connectivity index (χ4n) is 2.82. The van der Waals surface area contributed by atoms with Crippen molar-refractivity contribution in [2.45, 2.75) is 45.2 Å². The van der Waals surface area contributed by atoms with E-state index in [1.165, 1.54) is 38.0 Å². The van der Waals surface area contributed by atoms with Gasteiger partial charge in [0.2, 0.25) is 0 Å². The molecule has 1 aromatic heterocycles. The number of likely N-dealkylation sites (tertiary alicyclic amines) is 1. The van der Waals surface area contributed by atoms with Gasteiger partial charge in [-0.1, -0.05) is 0 Å². The largest absolute Gasteiger partial charge is 0.333 e. The number of hydrogen-bond acceptors (Lipinski definition) is 3. The predicted molar refractivity (Wildman–Crippen MR) is 79.2 cm³/mol. The number of imidazole rings is 1. The van der Waals surface area contributed by atoms with Crippen LogP contribution in [0.1, 0.15) is 38.8 Å². The van der Waals surface area contributed by atoms with E-state index >= 15 is 0 Å². The van der Waals surface area contributed by atoms with Crippen molar-refractivity contribution in [3.8, 4) is 0 Å². The van der Waals surface area contributed by atoms with E-state index in [9.17, 15) is 0 Å². The summed E-state index contributed by atoms with van der Waals surface area (Å²) in [7, 11) is 4.23. The van der Waals surface area contributed by atoms with Crippen molar-refractivity contribution in [2.24, 2.45) is 5.92 Å². The molecule has 108 valence electrons. The maximum absolute atomic E-state index is 4.33. The van der Waals surface area contributed by atoms with E-state index < -0.39 is 0 Å². The molecule has 0 atom stereocenters. The zero-order valence-corrected chi connectivity index (χ0v) is 12.8. The van der Waals surface area contributed by atoms with Crippen molar-refractivity contribution in [3.05, 3.63) is 18.2 Å². The quantitative estimate of drug-likeness (QED) is 0.884. The number of piperidine rings is 1. The van der Waals surface area contributed by atoms with Gasteiger partial charge in [0.25, 0.3) is 0 Å². The summed E-state index contributed by atoms with van der Waals surface area (Å²) >= 11 is 0. The van der Waals surface area contributed by atoms with Crippen LogP contribution in [0.3, 0.4) is 0 Å². The highest BCUT2D eigenvalue weighted by Gasteiger charge is 2.23. The van der Waals surface area contributed by atoms with Crippen LogP contribution in [0.15, 0.2) is 12.5 Å². The molecule has 0 amide bonds. The molecule has 2 rings (SSSR count). The standard InChI is InChI=1S/C15H28N4/c1-15(2,16-3)14-11-17-12-19(14)10-7-13-5-8-18(4)9-6-13/h11-13,16H,5-10H2,1-4H3. The summed E-state index contributed by atoms with van der Waals surface area (Å²) in [6.45, 7) is 8.01. The van der Waals surface area contributed by atoms with Gasteiger partial charge < -0.3 is 14.8 Å². The SMILES string of the molecule is CNC(C)(C)c1cncn1CCC1CCN(C)CC1. The van der Waals surface area contributed by atoms with E-state index in [-0.39, 0.29) is 5.54 Å². The molecular formula is C15H28N4. The third kappa shape index (κ3) is 3.57. The summed E-state index contributed by atoms with van der Waals surface area (Å²) in [6.07, 6.45) is 7.93. The molecule has 0 saturated carbocycles. The molecule has 0 unspecified atom stereocenters. The Balaban J connectivity index is 1.92. The molecule has 1 aliphatic heterocycles. The van der Waals surface area contributed by atoms with Gasteiger partial charge >= 0.3 is 0 Å². The normalized spacial score (nSPS) is 18.9. The number of aryl methyl sites for hydroxylation is 1. The van der Waals surface area contributed by atoms with E-state index in [0.29, 0.717) is 0 Å². The molecule has 1 aliphatic rings. The molecule has 1 fully saturated rings. The Morgan fingerprint density at radius 1 is 1.37 bits per heavy atom. The molecule has 0 aliphatic carbocycles. The van der Waals surface area contributed by atoms with E-state index in [2.05, 4.69) is 40.7 Å². The van der Waals surface area contributed by atoms with Crippen LogP contribution in [0.2, 0.25) is 0 Å². The van der Waals surface area contributed by atoms with E-state index in [1.807, 2.05) is 19.6 Å². The minimum absolute atomic E-state index is 0.0106. The lowest BCUT2D eigenvalue weighted by Crippen LogP contribution is -2.35. The second-order valence-electron chi connectivity index (χ2n) is 6.38. The molecule has 4 nitrogen and oxygen atoms in total. The first-order valence-electron chi connectivity index (χ1n) is 7.41. The Hall–Kier alpha value is -0.870. The number of aromatic nitrogens is 2. The molecule has 1 saturated heterocycles. The topological polar surface area (TPSA) is 33.1 Å². The molecule has 1 aromatic rings. The summed E-state index contributed by atoms with van der Waals surface area (Å²) in [5.41, 5.74) is 1.27. The lowest BCUT2D eigenvalue weighted by molar-refractivity contribution is 0.207. The van der Waals surface area contributed by atoms with Crippen LogP contribution in [0, 0.1) is 5.92 Å². The van der Waals surface area contributed by atoms with Crippen LogP contribution in [-0.4, -0.2) is 41.6 Å². The van der Waals surface area contributed by atoms with Crippen molar-refractivity contribution in [2.75, 3.05) is 27.2 Å². The highest BCUT2D eigenvalue weighted by molar-refractivity contribution is 5.10. The van der Waals surface area contributed by atoms with E-state index in [1.54, 1.807) is 0 Å². The van der Waals surface area contributed by atoms with Gasteiger partial charge in [-0.3, -0.25) is 0 Å². The molecule has 1 N–H and O–H groups in total. The van der Waals surface area contributed by atoms with Gasteiger partial charge in [-0.15, -0.1) is 0 Å². The second kappa shape index (κ2) is 6.06. The van der Waals surface area contributed by atoms with Gasteiger partial charge in [-0.25, -0.2) is 4.98 Å². The monoisotopic (exact) mass is 264 g/mol. The molecule has 19 heavy (non-hydrogen) atoms. The number of rotatable bonds is 5. The van der Waals surface area contributed by atoms with Crippen LogP contribution < -0.4 is 5.32 Å². The maximum atomic E-state index is 4.33. The van der Waals surface area contributed by atoms with Crippen LogP contribution in [0.5, 0.6) is 0 Å². The number of nitrogens with zero attached hydrogens (tertiary/aromatic N) is 3. The van der Waals surface area contributed by atoms with E-state index in [0.717, 1.165) is 12.5 Å². The van der Waals surface area contributed by atoms with Crippen molar-refractivity contribution in [1.29, 1.82) is 0 Å². The number of nitrogens with one attached hydrogen (secondary N) is 1. The summed E-state index contributed by atoms with van der Waals surface area (Å²) in [5, 5.41) is 3.36. The van der Waals surface area contributed by atoms with Gasteiger partial charge in [-0.2, -0.15) is 0 Å². The van der Waals surface area contributed by atoms with Gasteiger partial charge in [0.1, 0.15) is 0 Å². The minimum Gasteiger partial charge on any atom is -0.333 e. The first kappa shape index (κ1) is 14.5. The zero-order valence-electron chi connectivity index (χ0n) is 12.8. The van der Waals surface area contributed by atoms with Crippen molar-refractivity contribution in [3.63, 3.8) is 0 Å². The van der Waals surface area contributed by atoms with Gasteiger partial charge in [0, 0.05) is 12.7 Å². The van der Waals surface area contributed by atoms with E-state index in [4.69, 9.17) is 0 Å². The minimum atomic E-state index is -0.0106. The van der Waals surface area contributed by atoms with Crippen LogP contribution in [0.25, 0.3) is 0 Å². The summed E-state index contributed by atoms with van der Waals surface area (Å²) in [6, 6.07) is 0. The van der Waals surface area contributed by atoms with Gasteiger partial charge in [0.05, 0.1) is 17.6 Å². The third-order valence-corrected chi connectivity index (χ3v) is 4.59. The molecule has 0 aromatic carbocycles. The average Bonchev–Trinajstić information content (AvgIpc) is 2.87. The van der Waals surface area contributed by atoms with Crippen LogP contribution >= 0.6 is 0 Å². The van der Waals surface area contributed by atoms with Crippen molar-refractivity contribution < 1.29 is 0 Å². The zero-order chi connectivity index (χ0) is 13.9. The second-order valence-corrected chi connectivity index (χ2v) is 6.38. The smallest absolute Gasteiger partial charge is 0.0948 e. The average molecular weight is 264 g/mol. The Morgan fingerprint density at radius 3 is 2.68 bits per heavy atom. The Labute approximate surface area is 117 Å². The molecule has 0 radical (unpaired) electrons. The van der Waals surface area contributed by atoms with Crippen LogP contribution in [-0.2, 0) is 12.1 Å².